The third-order valence-electron chi connectivity index (χ3n) is 3.99. The molecule has 0 radical (unpaired) electrons. The van der Waals surface area contributed by atoms with E-state index in [1.54, 1.807) is 6.21 Å². The van der Waals surface area contributed by atoms with Crippen LogP contribution < -0.4 is 10.2 Å². The van der Waals surface area contributed by atoms with E-state index in [1.165, 1.54) is 0 Å². The van der Waals surface area contributed by atoms with Crippen molar-refractivity contribution in [1.29, 1.82) is 0 Å². The first kappa shape index (κ1) is 17.3. The molecule has 0 saturated heterocycles. The molecule has 134 valence electrons. The number of anilines is 1. The van der Waals surface area contributed by atoms with E-state index < -0.39 is 0 Å². The topological polar surface area (TPSA) is 62.3 Å². The Kier molecular flexibility index (Phi) is 5.16. The molecule has 3 aromatic carbocycles. The van der Waals surface area contributed by atoms with Crippen molar-refractivity contribution in [2.24, 2.45) is 5.10 Å². The molecule has 2 N–H and O–H groups in total. The quantitative estimate of drug-likeness (QED) is 0.326. The molecule has 6 heteroatoms. The molecule has 0 unspecified atom stereocenters. The molecule has 4 aromatic rings. The van der Waals surface area contributed by atoms with Gasteiger partial charge in [0, 0.05) is 10.0 Å². The highest BCUT2D eigenvalue weighted by Crippen LogP contribution is 2.19. The summed E-state index contributed by atoms with van der Waals surface area (Å²) in [5, 5.41) is 4.28. The fraction of sp³-hybridized carbons (Fsp3) is 0.0476. The number of fused-ring (bicyclic) bond motifs is 1. The van der Waals surface area contributed by atoms with Crippen molar-refractivity contribution in [2.45, 2.75) is 6.61 Å². The Morgan fingerprint density at radius 1 is 1.00 bits per heavy atom. The van der Waals surface area contributed by atoms with Gasteiger partial charge in [0.2, 0.25) is 5.95 Å². The van der Waals surface area contributed by atoms with Crippen molar-refractivity contribution in [1.82, 2.24) is 9.97 Å². The highest BCUT2D eigenvalue weighted by atomic mass is 79.9. The van der Waals surface area contributed by atoms with Gasteiger partial charge in [-0.1, -0.05) is 52.3 Å². The summed E-state index contributed by atoms with van der Waals surface area (Å²) in [6.07, 6.45) is 1.73. The van der Waals surface area contributed by atoms with E-state index in [-0.39, 0.29) is 0 Å². The predicted octanol–water partition coefficient (Wildman–Crippen LogP) is 5.35. The molecule has 0 atom stereocenters. The molecule has 1 aromatic heterocycles. The molecular formula is C21H17BrN4O. The van der Waals surface area contributed by atoms with Crippen LogP contribution in [-0.4, -0.2) is 16.2 Å². The molecule has 0 aliphatic heterocycles. The number of aromatic nitrogens is 2. The lowest BCUT2D eigenvalue weighted by atomic mass is 10.2. The summed E-state index contributed by atoms with van der Waals surface area (Å²) in [4.78, 5) is 7.61. The average Bonchev–Trinajstić information content (AvgIpc) is 3.11. The molecule has 0 saturated carbocycles. The maximum absolute atomic E-state index is 5.96. The highest BCUT2D eigenvalue weighted by Gasteiger charge is 2.03. The van der Waals surface area contributed by atoms with E-state index in [0.717, 1.165) is 32.4 Å². The molecule has 0 aliphatic carbocycles. The Morgan fingerprint density at radius 3 is 2.63 bits per heavy atom. The zero-order valence-electron chi connectivity index (χ0n) is 14.4. The summed E-state index contributed by atoms with van der Waals surface area (Å²) in [6, 6.07) is 23.7. The van der Waals surface area contributed by atoms with Gasteiger partial charge in [0.25, 0.3) is 0 Å². The summed E-state index contributed by atoms with van der Waals surface area (Å²) >= 11 is 3.44. The van der Waals surface area contributed by atoms with E-state index in [4.69, 9.17) is 4.74 Å². The normalized spacial score (nSPS) is 11.1. The molecule has 0 bridgehead atoms. The van der Waals surface area contributed by atoms with Gasteiger partial charge >= 0.3 is 0 Å². The lowest BCUT2D eigenvalue weighted by molar-refractivity contribution is 0.306. The Morgan fingerprint density at radius 2 is 1.78 bits per heavy atom. The number of ether oxygens (including phenoxy) is 1. The van der Waals surface area contributed by atoms with Crippen molar-refractivity contribution in [2.75, 3.05) is 5.43 Å². The summed E-state index contributed by atoms with van der Waals surface area (Å²) in [6.45, 7) is 0.495. The number of aromatic amines is 1. The van der Waals surface area contributed by atoms with Gasteiger partial charge in [-0.05, 0) is 42.0 Å². The van der Waals surface area contributed by atoms with Crippen LogP contribution in [-0.2, 0) is 6.61 Å². The zero-order valence-corrected chi connectivity index (χ0v) is 16.0. The first-order chi connectivity index (χ1) is 13.3. The lowest BCUT2D eigenvalue weighted by Gasteiger charge is -2.09. The molecule has 0 spiro atoms. The first-order valence-corrected chi connectivity index (χ1v) is 9.27. The minimum Gasteiger partial charge on any atom is -0.488 e. The number of hydrazone groups is 1. The second-order valence-electron chi connectivity index (χ2n) is 5.93. The van der Waals surface area contributed by atoms with E-state index in [9.17, 15) is 0 Å². The van der Waals surface area contributed by atoms with Crippen molar-refractivity contribution in [3.8, 4) is 5.75 Å². The van der Waals surface area contributed by atoms with E-state index in [1.807, 2.05) is 72.8 Å². The van der Waals surface area contributed by atoms with Crippen molar-refractivity contribution in [3.05, 3.63) is 88.4 Å². The zero-order chi connectivity index (χ0) is 18.5. The minimum absolute atomic E-state index is 0.495. The van der Waals surface area contributed by atoms with Crippen LogP contribution in [0.1, 0.15) is 11.1 Å². The molecule has 0 aliphatic rings. The monoisotopic (exact) mass is 420 g/mol. The van der Waals surface area contributed by atoms with E-state index in [2.05, 4.69) is 36.4 Å². The number of hydrogen-bond acceptors (Lipinski definition) is 4. The summed E-state index contributed by atoms with van der Waals surface area (Å²) in [7, 11) is 0. The first-order valence-electron chi connectivity index (χ1n) is 8.48. The maximum atomic E-state index is 5.96. The van der Waals surface area contributed by atoms with Gasteiger partial charge in [-0.25, -0.2) is 10.4 Å². The minimum atomic E-state index is 0.495. The Labute approximate surface area is 165 Å². The van der Waals surface area contributed by atoms with Crippen LogP contribution in [0.3, 0.4) is 0 Å². The van der Waals surface area contributed by atoms with Gasteiger partial charge in [-0.2, -0.15) is 5.10 Å². The third kappa shape index (κ3) is 4.35. The van der Waals surface area contributed by atoms with E-state index in [0.29, 0.717) is 12.6 Å². The lowest BCUT2D eigenvalue weighted by Crippen LogP contribution is -1.99. The Bertz CT molecular complexity index is 1040. The molecule has 0 fully saturated rings. The largest absolute Gasteiger partial charge is 0.488 e. The summed E-state index contributed by atoms with van der Waals surface area (Å²) in [5.41, 5.74) is 6.78. The Hall–Kier alpha value is -3.12. The molecular weight excluding hydrogens is 404 g/mol. The number of nitrogens with one attached hydrogen (secondary N) is 2. The molecule has 27 heavy (non-hydrogen) atoms. The number of rotatable bonds is 6. The molecule has 4 rings (SSSR count). The number of nitrogens with zero attached hydrogens (tertiary/aromatic N) is 2. The molecule has 1 heterocycles. The smallest absolute Gasteiger partial charge is 0.222 e. The SMILES string of the molecule is Brc1ccc(COc2ccccc2C=NNc2nc3ccccc3[nH]2)cc1. The second kappa shape index (κ2) is 8.05. The van der Waals surface area contributed by atoms with Crippen LogP contribution in [0.2, 0.25) is 0 Å². The standard InChI is InChI=1S/C21H17BrN4O/c22-17-11-9-15(10-12-17)14-27-20-8-4-1-5-16(20)13-23-26-21-24-18-6-2-3-7-19(18)25-21/h1-13H,14H2,(H2,24,25,26). The highest BCUT2D eigenvalue weighted by molar-refractivity contribution is 9.10. The van der Waals surface area contributed by atoms with Crippen LogP contribution in [0.15, 0.2) is 82.4 Å². The fourth-order valence-electron chi connectivity index (χ4n) is 2.63. The van der Waals surface area contributed by atoms with Crippen molar-refractivity contribution in [3.63, 3.8) is 0 Å². The van der Waals surface area contributed by atoms with Gasteiger partial charge in [-0.15, -0.1) is 0 Å². The van der Waals surface area contributed by atoms with Gasteiger partial charge in [0.05, 0.1) is 17.2 Å². The van der Waals surface area contributed by atoms with E-state index >= 15 is 0 Å². The van der Waals surface area contributed by atoms with Gasteiger partial charge in [0.15, 0.2) is 0 Å². The number of imidazole rings is 1. The van der Waals surface area contributed by atoms with Crippen LogP contribution >= 0.6 is 15.9 Å². The second-order valence-corrected chi connectivity index (χ2v) is 6.84. The van der Waals surface area contributed by atoms with Gasteiger partial charge in [0.1, 0.15) is 12.4 Å². The number of para-hydroxylation sites is 3. The van der Waals surface area contributed by atoms with Gasteiger partial charge < -0.3 is 9.72 Å². The fourth-order valence-corrected chi connectivity index (χ4v) is 2.89. The van der Waals surface area contributed by atoms with Crippen LogP contribution in [0, 0.1) is 0 Å². The van der Waals surface area contributed by atoms with Crippen molar-refractivity contribution >= 4 is 39.1 Å². The molecule has 0 amide bonds. The van der Waals surface area contributed by atoms with Gasteiger partial charge in [-0.3, -0.25) is 0 Å². The number of hydrogen-bond donors (Lipinski definition) is 2. The molecule has 5 nitrogen and oxygen atoms in total. The maximum Gasteiger partial charge on any atom is 0.222 e. The number of H-pyrrole nitrogens is 1. The van der Waals surface area contributed by atoms with Crippen LogP contribution in [0.25, 0.3) is 11.0 Å². The van der Waals surface area contributed by atoms with Crippen LogP contribution in [0.4, 0.5) is 5.95 Å². The van der Waals surface area contributed by atoms with Crippen molar-refractivity contribution < 1.29 is 4.74 Å². The summed E-state index contributed by atoms with van der Waals surface area (Å²) in [5.74, 6) is 1.37. The Balaban J connectivity index is 1.43. The predicted molar refractivity (Wildman–Crippen MR) is 112 cm³/mol. The number of benzene rings is 3. The number of halogens is 1. The third-order valence-corrected chi connectivity index (χ3v) is 4.52. The van der Waals surface area contributed by atoms with Crippen LogP contribution in [0.5, 0.6) is 5.75 Å². The average molecular weight is 421 g/mol. The summed E-state index contributed by atoms with van der Waals surface area (Å²) < 4.78 is 7.01.